The van der Waals surface area contributed by atoms with Gasteiger partial charge in [0, 0.05) is 12.3 Å². The van der Waals surface area contributed by atoms with Gasteiger partial charge in [0.2, 0.25) is 0 Å². The molecule has 7 nitrogen and oxygen atoms in total. The molecular weight excluding hydrogens is 270 g/mol. The van der Waals surface area contributed by atoms with Gasteiger partial charge in [0.15, 0.2) is 0 Å². The fourth-order valence-corrected chi connectivity index (χ4v) is 2.66. The zero-order valence-electron chi connectivity index (χ0n) is 10.2. The summed E-state index contributed by atoms with van der Waals surface area (Å²) in [5, 5.41) is 16.6. The molecule has 1 N–H and O–H groups in total. The summed E-state index contributed by atoms with van der Waals surface area (Å²) in [6.07, 6.45) is 3.10. The third-order valence-electron chi connectivity index (χ3n) is 2.47. The van der Waals surface area contributed by atoms with E-state index in [0.29, 0.717) is 5.56 Å². The molecule has 0 spiro atoms. The molecule has 8 heteroatoms. The lowest BCUT2D eigenvalue weighted by atomic mass is 10.2. The Morgan fingerprint density at radius 2 is 2.21 bits per heavy atom. The number of rotatable bonds is 5. The molecule has 0 saturated carbocycles. The Hall–Kier alpha value is -1.93. The van der Waals surface area contributed by atoms with E-state index in [4.69, 9.17) is 4.18 Å². The summed E-state index contributed by atoms with van der Waals surface area (Å²) < 4.78 is 30.3. The Morgan fingerprint density at radius 3 is 2.89 bits per heavy atom. The predicted octanol–water partition coefficient (Wildman–Crippen LogP) is 0.698. The molecule has 19 heavy (non-hydrogen) atoms. The smallest absolute Gasteiger partial charge is 0.297 e. The standard InChI is InChI=1S/C11H13N3O4S/c1-9-2-3-10(15)8-11(9)19(16,17)18-7-6-14-5-4-12-13-14/h2-5,8,15H,6-7H2,1H3. The molecule has 0 saturated heterocycles. The van der Waals surface area contributed by atoms with Gasteiger partial charge in [-0.3, -0.25) is 8.86 Å². The second-order valence-electron chi connectivity index (χ2n) is 3.89. The number of aromatic nitrogens is 3. The van der Waals surface area contributed by atoms with Crippen molar-refractivity contribution < 1.29 is 17.7 Å². The number of benzene rings is 1. The molecule has 1 heterocycles. The first kappa shape index (κ1) is 13.5. The molecule has 0 bridgehead atoms. The van der Waals surface area contributed by atoms with Crippen LogP contribution in [0.15, 0.2) is 35.5 Å². The summed E-state index contributed by atoms with van der Waals surface area (Å²) >= 11 is 0. The highest BCUT2D eigenvalue weighted by Crippen LogP contribution is 2.22. The Morgan fingerprint density at radius 1 is 1.42 bits per heavy atom. The van der Waals surface area contributed by atoms with E-state index in [0.717, 1.165) is 0 Å². The molecule has 0 atom stereocenters. The molecule has 1 aromatic carbocycles. The molecule has 2 aromatic rings. The molecule has 0 aliphatic rings. The summed E-state index contributed by atoms with van der Waals surface area (Å²) in [5.74, 6) is -0.121. The van der Waals surface area contributed by atoms with Gasteiger partial charge in [0.1, 0.15) is 10.6 Å². The first-order valence-electron chi connectivity index (χ1n) is 5.52. The van der Waals surface area contributed by atoms with Crippen molar-refractivity contribution in [1.82, 2.24) is 15.0 Å². The van der Waals surface area contributed by atoms with E-state index in [-0.39, 0.29) is 23.8 Å². The van der Waals surface area contributed by atoms with Crippen LogP contribution in [0.5, 0.6) is 5.75 Å². The lowest BCUT2D eigenvalue weighted by Gasteiger charge is -2.08. The number of hydrogen-bond donors (Lipinski definition) is 1. The number of hydrogen-bond acceptors (Lipinski definition) is 6. The van der Waals surface area contributed by atoms with Crippen molar-refractivity contribution in [2.75, 3.05) is 6.61 Å². The van der Waals surface area contributed by atoms with Gasteiger partial charge in [0.05, 0.1) is 19.3 Å². The van der Waals surface area contributed by atoms with Crippen molar-refractivity contribution in [3.8, 4) is 5.75 Å². The Balaban J connectivity index is 2.07. The predicted molar refractivity (Wildman–Crippen MR) is 66.0 cm³/mol. The minimum Gasteiger partial charge on any atom is -0.508 e. The molecule has 0 unspecified atom stereocenters. The first-order chi connectivity index (χ1) is 8.99. The van der Waals surface area contributed by atoms with Gasteiger partial charge < -0.3 is 5.11 Å². The van der Waals surface area contributed by atoms with Gasteiger partial charge in [-0.2, -0.15) is 8.42 Å². The van der Waals surface area contributed by atoms with E-state index >= 15 is 0 Å². The summed E-state index contributed by atoms with van der Waals surface area (Å²) in [6.45, 7) is 1.85. The van der Waals surface area contributed by atoms with E-state index in [9.17, 15) is 13.5 Å². The van der Waals surface area contributed by atoms with Gasteiger partial charge >= 0.3 is 0 Å². The van der Waals surface area contributed by atoms with Crippen molar-refractivity contribution in [2.45, 2.75) is 18.4 Å². The fraction of sp³-hybridized carbons (Fsp3) is 0.273. The van der Waals surface area contributed by atoms with Crippen molar-refractivity contribution in [1.29, 1.82) is 0 Å². The highest BCUT2D eigenvalue weighted by molar-refractivity contribution is 7.86. The van der Waals surface area contributed by atoms with E-state index in [2.05, 4.69) is 10.3 Å². The zero-order chi connectivity index (χ0) is 13.9. The Labute approximate surface area is 110 Å². The average Bonchev–Trinajstić information content (AvgIpc) is 2.85. The molecule has 0 amide bonds. The van der Waals surface area contributed by atoms with E-state index in [1.807, 2.05) is 0 Å². The third kappa shape index (κ3) is 3.30. The second-order valence-corrected chi connectivity index (χ2v) is 5.48. The maximum atomic E-state index is 12.0. The van der Waals surface area contributed by atoms with Crippen molar-refractivity contribution >= 4 is 10.1 Å². The third-order valence-corrected chi connectivity index (χ3v) is 3.93. The fourth-order valence-electron chi connectivity index (χ4n) is 1.51. The highest BCUT2D eigenvalue weighted by atomic mass is 32.2. The second kappa shape index (κ2) is 5.37. The van der Waals surface area contributed by atoms with Gasteiger partial charge in [-0.05, 0) is 18.6 Å². The maximum Gasteiger partial charge on any atom is 0.297 e. The number of phenolic OH excluding ortho intramolecular Hbond substituents is 1. The van der Waals surface area contributed by atoms with Crippen LogP contribution in [-0.2, 0) is 20.8 Å². The number of aromatic hydroxyl groups is 1. The summed E-state index contributed by atoms with van der Waals surface area (Å²) in [5.41, 5.74) is 0.513. The van der Waals surface area contributed by atoms with Crippen LogP contribution >= 0.6 is 0 Å². The topological polar surface area (TPSA) is 94.3 Å². The molecule has 0 aliphatic carbocycles. The Bertz CT molecular complexity index is 653. The molecular formula is C11H13N3O4S. The van der Waals surface area contributed by atoms with Gasteiger partial charge in [0.25, 0.3) is 10.1 Å². The molecule has 2 rings (SSSR count). The molecule has 0 fully saturated rings. The van der Waals surface area contributed by atoms with E-state index in [1.54, 1.807) is 13.1 Å². The summed E-state index contributed by atoms with van der Waals surface area (Å²) in [6, 6.07) is 4.10. The van der Waals surface area contributed by atoms with Crippen LogP contribution in [-0.4, -0.2) is 35.1 Å². The van der Waals surface area contributed by atoms with E-state index in [1.165, 1.54) is 29.1 Å². The SMILES string of the molecule is Cc1ccc(O)cc1S(=O)(=O)OCCn1ccnn1. The van der Waals surface area contributed by atoms with E-state index < -0.39 is 10.1 Å². The largest absolute Gasteiger partial charge is 0.508 e. The average molecular weight is 283 g/mol. The minimum absolute atomic E-state index is 0.0360. The number of phenols is 1. The Kier molecular flexibility index (Phi) is 3.82. The van der Waals surface area contributed by atoms with Crippen molar-refractivity contribution in [2.24, 2.45) is 0 Å². The van der Waals surface area contributed by atoms with Crippen molar-refractivity contribution in [3.63, 3.8) is 0 Å². The van der Waals surface area contributed by atoms with Crippen LogP contribution in [0, 0.1) is 6.92 Å². The van der Waals surface area contributed by atoms with Crippen LogP contribution in [0.3, 0.4) is 0 Å². The normalized spacial score (nSPS) is 11.6. The molecule has 102 valence electrons. The monoisotopic (exact) mass is 283 g/mol. The lowest BCUT2D eigenvalue weighted by Crippen LogP contribution is -2.13. The summed E-state index contributed by atoms with van der Waals surface area (Å²) in [4.78, 5) is -0.0360. The number of nitrogens with zero attached hydrogens (tertiary/aromatic N) is 3. The maximum absolute atomic E-state index is 12.0. The molecule has 0 aliphatic heterocycles. The van der Waals surface area contributed by atoms with Gasteiger partial charge in [-0.25, -0.2) is 0 Å². The van der Waals surface area contributed by atoms with Gasteiger partial charge in [-0.15, -0.1) is 5.10 Å². The highest BCUT2D eigenvalue weighted by Gasteiger charge is 2.18. The van der Waals surface area contributed by atoms with Crippen molar-refractivity contribution in [3.05, 3.63) is 36.2 Å². The quantitative estimate of drug-likeness (QED) is 0.812. The van der Waals surface area contributed by atoms with Crippen LogP contribution in [0.2, 0.25) is 0 Å². The van der Waals surface area contributed by atoms with Crippen LogP contribution < -0.4 is 0 Å². The molecule has 0 radical (unpaired) electrons. The van der Waals surface area contributed by atoms with Crippen LogP contribution in [0.25, 0.3) is 0 Å². The van der Waals surface area contributed by atoms with Crippen LogP contribution in [0.1, 0.15) is 5.56 Å². The summed E-state index contributed by atoms with van der Waals surface area (Å²) in [7, 11) is -3.89. The van der Waals surface area contributed by atoms with Gasteiger partial charge in [-0.1, -0.05) is 11.3 Å². The molecule has 1 aromatic heterocycles. The minimum atomic E-state index is -3.89. The lowest BCUT2D eigenvalue weighted by molar-refractivity contribution is 0.292. The van der Waals surface area contributed by atoms with Crippen LogP contribution in [0.4, 0.5) is 0 Å². The number of aryl methyl sites for hydroxylation is 1. The zero-order valence-corrected chi connectivity index (χ0v) is 11.0. The first-order valence-corrected chi connectivity index (χ1v) is 6.93.